The van der Waals surface area contributed by atoms with Crippen LogP contribution in [0.2, 0.25) is 10.0 Å². The predicted molar refractivity (Wildman–Crippen MR) is 89.7 cm³/mol. The standard InChI is InChI=1S/C15H19Cl2N3O3/c1-20(15(22)12-6-5-9(7-18)23-12)8-13(21)19-14-10(16)3-2-4-11(14)17/h2-4,9,12H,5-8,18H2,1H3,(H,19,21)/t9-,12+/m1/s1. The highest BCUT2D eigenvalue weighted by Crippen LogP contribution is 2.29. The molecule has 0 bridgehead atoms. The van der Waals surface area contributed by atoms with Crippen LogP contribution >= 0.6 is 23.2 Å². The van der Waals surface area contributed by atoms with Crippen molar-refractivity contribution in [2.24, 2.45) is 5.73 Å². The number of benzene rings is 1. The van der Waals surface area contributed by atoms with Crippen LogP contribution in [0.3, 0.4) is 0 Å². The van der Waals surface area contributed by atoms with Gasteiger partial charge < -0.3 is 20.7 Å². The van der Waals surface area contributed by atoms with Crippen LogP contribution < -0.4 is 11.1 Å². The second-order valence-corrected chi connectivity index (χ2v) is 6.21. The lowest BCUT2D eigenvalue weighted by molar-refractivity contribution is -0.143. The summed E-state index contributed by atoms with van der Waals surface area (Å²) in [6, 6.07) is 4.93. The quantitative estimate of drug-likeness (QED) is 0.840. The average molecular weight is 360 g/mol. The fourth-order valence-corrected chi connectivity index (χ4v) is 2.89. The van der Waals surface area contributed by atoms with E-state index < -0.39 is 6.10 Å². The summed E-state index contributed by atoms with van der Waals surface area (Å²) in [4.78, 5) is 25.7. The lowest BCUT2D eigenvalue weighted by Gasteiger charge is -2.21. The van der Waals surface area contributed by atoms with E-state index in [1.165, 1.54) is 4.90 Å². The van der Waals surface area contributed by atoms with E-state index in [4.69, 9.17) is 33.7 Å². The lowest BCUT2D eigenvalue weighted by Crippen LogP contribution is -2.41. The fourth-order valence-electron chi connectivity index (χ4n) is 2.40. The number of hydrogen-bond acceptors (Lipinski definition) is 4. The highest BCUT2D eigenvalue weighted by atomic mass is 35.5. The third kappa shape index (κ3) is 4.57. The Balaban J connectivity index is 1.91. The van der Waals surface area contributed by atoms with Gasteiger partial charge in [0, 0.05) is 13.6 Å². The Morgan fingerprint density at radius 1 is 1.35 bits per heavy atom. The van der Waals surface area contributed by atoms with Crippen molar-refractivity contribution in [1.29, 1.82) is 0 Å². The number of nitrogens with zero attached hydrogens (tertiary/aromatic N) is 1. The van der Waals surface area contributed by atoms with Crippen LogP contribution in [0.4, 0.5) is 5.69 Å². The zero-order chi connectivity index (χ0) is 17.0. The van der Waals surface area contributed by atoms with Crippen molar-refractivity contribution >= 4 is 40.7 Å². The van der Waals surface area contributed by atoms with E-state index in [2.05, 4.69) is 5.32 Å². The molecule has 0 unspecified atom stereocenters. The number of nitrogens with one attached hydrogen (secondary N) is 1. The molecule has 1 aromatic rings. The third-order valence-electron chi connectivity index (χ3n) is 3.63. The molecule has 3 N–H and O–H groups in total. The first-order valence-electron chi connectivity index (χ1n) is 7.26. The molecule has 0 spiro atoms. The van der Waals surface area contributed by atoms with Crippen molar-refractivity contribution in [3.8, 4) is 0 Å². The summed E-state index contributed by atoms with van der Waals surface area (Å²) in [5.41, 5.74) is 5.86. The van der Waals surface area contributed by atoms with Crippen LogP contribution in [0.25, 0.3) is 0 Å². The number of rotatable bonds is 5. The largest absolute Gasteiger partial charge is 0.364 e. The smallest absolute Gasteiger partial charge is 0.251 e. The number of carbonyl (C=O) groups is 2. The average Bonchev–Trinajstić information content (AvgIpc) is 2.99. The molecule has 0 aliphatic carbocycles. The van der Waals surface area contributed by atoms with Crippen LogP contribution in [0.15, 0.2) is 18.2 Å². The number of nitrogens with two attached hydrogens (primary N) is 1. The van der Waals surface area contributed by atoms with Gasteiger partial charge >= 0.3 is 0 Å². The van der Waals surface area contributed by atoms with Crippen molar-refractivity contribution in [3.05, 3.63) is 28.2 Å². The summed E-state index contributed by atoms with van der Waals surface area (Å²) in [6.07, 6.45) is 0.740. The molecular formula is C15H19Cl2N3O3. The van der Waals surface area contributed by atoms with E-state index in [-0.39, 0.29) is 24.5 Å². The Morgan fingerprint density at radius 2 is 2.00 bits per heavy atom. The Morgan fingerprint density at radius 3 is 2.57 bits per heavy atom. The Hall–Kier alpha value is -1.34. The van der Waals surface area contributed by atoms with E-state index in [0.717, 1.165) is 6.42 Å². The van der Waals surface area contributed by atoms with E-state index >= 15 is 0 Å². The van der Waals surface area contributed by atoms with Crippen molar-refractivity contribution in [2.45, 2.75) is 25.0 Å². The molecular weight excluding hydrogens is 341 g/mol. The van der Waals surface area contributed by atoms with E-state index in [9.17, 15) is 9.59 Å². The van der Waals surface area contributed by atoms with Gasteiger partial charge in [0.25, 0.3) is 5.91 Å². The van der Waals surface area contributed by atoms with Gasteiger partial charge in [-0.15, -0.1) is 0 Å². The van der Waals surface area contributed by atoms with Gasteiger partial charge in [0.2, 0.25) is 5.91 Å². The maximum Gasteiger partial charge on any atom is 0.251 e. The summed E-state index contributed by atoms with van der Waals surface area (Å²) in [5.74, 6) is -0.620. The molecule has 126 valence electrons. The molecule has 1 aliphatic heterocycles. The van der Waals surface area contributed by atoms with E-state index in [0.29, 0.717) is 28.7 Å². The molecule has 1 saturated heterocycles. The first kappa shape index (κ1) is 18.0. The minimum Gasteiger partial charge on any atom is -0.364 e. The number of carbonyl (C=O) groups excluding carboxylic acids is 2. The monoisotopic (exact) mass is 359 g/mol. The molecule has 1 aromatic carbocycles. The summed E-state index contributed by atoms with van der Waals surface area (Å²) >= 11 is 12.0. The van der Waals surface area contributed by atoms with Crippen LogP contribution in [0, 0.1) is 0 Å². The van der Waals surface area contributed by atoms with Crippen molar-refractivity contribution in [1.82, 2.24) is 4.90 Å². The SMILES string of the molecule is CN(CC(=O)Nc1c(Cl)cccc1Cl)C(=O)[C@@H]1CC[C@H](CN)O1. The van der Waals surface area contributed by atoms with Crippen molar-refractivity contribution < 1.29 is 14.3 Å². The number of likely N-dealkylation sites (N-methyl/N-ethyl adjacent to an activating group) is 1. The zero-order valence-electron chi connectivity index (χ0n) is 12.7. The molecule has 0 saturated carbocycles. The van der Waals surface area contributed by atoms with E-state index in [1.54, 1.807) is 25.2 Å². The molecule has 2 amide bonds. The number of amides is 2. The fraction of sp³-hybridized carbons (Fsp3) is 0.467. The van der Waals surface area contributed by atoms with Gasteiger partial charge in [0.15, 0.2) is 0 Å². The van der Waals surface area contributed by atoms with Crippen LogP contribution in [0.1, 0.15) is 12.8 Å². The molecule has 0 aromatic heterocycles. The molecule has 8 heteroatoms. The van der Waals surface area contributed by atoms with Gasteiger partial charge in [-0.1, -0.05) is 29.3 Å². The first-order chi connectivity index (χ1) is 10.9. The molecule has 6 nitrogen and oxygen atoms in total. The molecule has 1 heterocycles. The Kier molecular flexibility index (Phi) is 6.24. The number of hydrogen-bond donors (Lipinski definition) is 2. The van der Waals surface area contributed by atoms with Crippen molar-refractivity contribution in [2.75, 3.05) is 25.5 Å². The number of halogens is 2. The van der Waals surface area contributed by atoms with Gasteiger partial charge in [-0.3, -0.25) is 9.59 Å². The minimum absolute atomic E-state index is 0.0897. The van der Waals surface area contributed by atoms with Crippen LogP contribution in [-0.4, -0.2) is 49.1 Å². The number of anilines is 1. The Labute approximate surface area is 144 Å². The molecule has 1 aliphatic rings. The number of ether oxygens (including phenoxy) is 1. The summed E-state index contributed by atoms with van der Waals surface area (Å²) in [6.45, 7) is 0.270. The number of para-hydroxylation sites is 1. The summed E-state index contributed by atoms with van der Waals surface area (Å²) < 4.78 is 5.54. The second-order valence-electron chi connectivity index (χ2n) is 5.40. The third-order valence-corrected chi connectivity index (χ3v) is 4.26. The second kappa shape index (κ2) is 7.97. The van der Waals surface area contributed by atoms with Gasteiger partial charge in [-0.25, -0.2) is 0 Å². The lowest BCUT2D eigenvalue weighted by atomic mass is 10.2. The summed E-state index contributed by atoms with van der Waals surface area (Å²) in [7, 11) is 1.55. The summed E-state index contributed by atoms with van der Waals surface area (Å²) in [5, 5.41) is 3.29. The minimum atomic E-state index is -0.537. The first-order valence-corrected chi connectivity index (χ1v) is 8.02. The molecule has 2 atom stereocenters. The zero-order valence-corrected chi connectivity index (χ0v) is 14.2. The van der Waals surface area contributed by atoms with Gasteiger partial charge in [-0.2, -0.15) is 0 Å². The van der Waals surface area contributed by atoms with Crippen molar-refractivity contribution in [3.63, 3.8) is 0 Å². The molecule has 1 fully saturated rings. The normalized spacial score (nSPS) is 20.3. The van der Waals surface area contributed by atoms with E-state index in [1.807, 2.05) is 0 Å². The van der Waals surface area contributed by atoms with Crippen LogP contribution in [-0.2, 0) is 14.3 Å². The maximum absolute atomic E-state index is 12.3. The molecule has 0 radical (unpaired) electrons. The maximum atomic E-state index is 12.3. The van der Waals surface area contributed by atoms with Gasteiger partial charge in [-0.05, 0) is 25.0 Å². The van der Waals surface area contributed by atoms with Crippen LogP contribution in [0.5, 0.6) is 0 Å². The topological polar surface area (TPSA) is 84.7 Å². The Bertz CT molecular complexity index is 577. The molecule has 23 heavy (non-hydrogen) atoms. The molecule has 2 rings (SSSR count). The van der Waals surface area contributed by atoms with Gasteiger partial charge in [0.1, 0.15) is 6.10 Å². The van der Waals surface area contributed by atoms with Gasteiger partial charge in [0.05, 0.1) is 28.4 Å². The highest BCUT2D eigenvalue weighted by molar-refractivity contribution is 6.39. The highest BCUT2D eigenvalue weighted by Gasteiger charge is 2.32. The predicted octanol–water partition coefficient (Wildman–Crippen LogP) is 1.90.